The maximum absolute atomic E-state index is 12.8. The van der Waals surface area contributed by atoms with Crippen molar-refractivity contribution in [3.63, 3.8) is 0 Å². The van der Waals surface area contributed by atoms with Crippen LogP contribution in [0.1, 0.15) is 23.6 Å². The first-order valence-corrected chi connectivity index (χ1v) is 9.82. The van der Waals surface area contributed by atoms with E-state index in [0.29, 0.717) is 24.3 Å². The lowest BCUT2D eigenvalue weighted by atomic mass is 10.0. The number of nitrogens with one attached hydrogen (secondary N) is 2. The lowest BCUT2D eigenvalue weighted by molar-refractivity contribution is -0.112. The van der Waals surface area contributed by atoms with Gasteiger partial charge in [-0.05, 0) is 35.9 Å². The van der Waals surface area contributed by atoms with Crippen LogP contribution in [0.4, 0.5) is 5.69 Å². The Morgan fingerprint density at radius 2 is 2.07 bits per heavy atom. The van der Waals surface area contributed by atoms with Crippen LogP contribution < -0.4 is 10.6 Å². The van der Waals surface area contributed by atoms with Crippen LogP contribution in [-0.4, -0.2) is 31.2 Å². The Bertz CT molecular complexity index is 966. The number of para-hydroxylation sites is 1. The van der Waals surface area contributed by atoms with Crippen molar-refractivity contribution in [3.8, 4) is 0 Å². The van der Waals surface area contributed by atoms with Crippen LogP contribution in [0, 0.1) is 0 Å². The van der Waals surface area contributed by atoms with Gasteiger partial charge >= 0.3 is 0 Å². The number of Topliss-reactive ketones (excluding diaryl/α,β-unsaturated/α-hetero) is 1. The smallest absolute Gasteiger partial charge is 0.170 e. The minimum Gasteiger partial charge on any atom is -0.394 e. The lowest BCUT2D eigenvalue weighted by Gasteiger charge is -2.08. The van der Waals surface area contributed by atoms with Crippen molar-refractivity contribution in [1.82, 2.24) is 5.32 Å². The van der Waals surface area contributed by atoms with Gasteiger partial charge in [0.05, 0.1) is 11.3 Å². The van der Waals surface area contributed by atoms with E-state index in [9.17, 15) is 4.79 Å². The van der Waals surface area contributed by atoms with Crippen LogP contribution in [-0.2, 0) is 16.1 Å². The first kappa shape index (κ1) is 17.9. The number of nitrogens with zero attached hydrogens (tertiary/aromatic N) is 1. The van der Waals surface area contributed by atoms with Crippen molar-refractivity contribution in [2.75, 3.05) is 25.0 Å². The van der Waals surface area contributed by atoms with Gasteiger partial charge < -0.3 is 15.5 Å². The molecule has 0 saturated heterocycles. The number of carbonyl (C=O) groups excluding carboxylic acids is 1. The molecule has 0 amide bonds. The monoisotopic (exact) mass is 425 g/mol. The van der Waals surface area contributed by atoms with E-state index in [2.05, 4.69) is 31.7 Å². The number of hydrogen-bond donors (Lipinski definition) is 2. The third kappa shape index (κ3) is 3.42. The molecule has 0 radical (unpaired) electrons. The van der Waals surface area contributed by atoms with Gasteiger partial charge in [0.25, 0.3) is 0 Å². The number of fused-ring (bicyclic) bond motifs is 2. The average Bonchev–Trinajstić information content (AvgIpc) is 3.18. The summed E-state index contributed by atoms with van der Waals surface area (Å²) in [6.45, 7) is 4.13. The molecule has 2 N–H and O–H groups in total. The summed E-state index contributed by atoms with van der Waals surface area (Å²) < 4.78 is 0.949. The first-order chi connectivity index (χ1) is 13.2. The molecule has 1 aliphatic heterocycles. The molecule has 0 spiro atoms. The van der Waals surface area contributed by atoms with Crippen molar-refractivity contribution >= 4 is 38.7 Å². The fraction of sp³-hybridized carbons (Fsp3) is 0.238. The molecule has 2 aromatic rings. The number of halogens is 1. The fourth-order valence-corrected chi connectivity index (χ4v) is 3.79. The quantitative estimate of drug-likeness (QED) is 0.435. The second-order valence-corrected chi connectivity index (χ2v) is 7.36. The summed E-state index contributed by atoms with van der Waals surface area (Å²) in [6.07, 6.45) is 0.411. The molecule has 0 saturated carbocycles. The number of anilines is 1. The SMILES string of the molecule is CCNCCON=C1/C(=C2/C(=O)Cc3ccc(Br)cc32)Nc2ccccc21. The van der Waals surface area contributed by atoms with E-state index >= 15 is 0 Å². The van der Waals surface area contributed by atoms with Gasteiger partial charge in [-0.25, -0.2) is 0 Å². The van der Waals surface area contributed by atoms with Crippen molar-refractivity contribution < 1.29 is 9.63 Å². The number of oxime groups is 1. The van der Waals surface area contributed by atoms with E-state index in [0.717, 1.165) is 45.6 Å². The van der Waals surface area contributed by atoms with E-state index in [-0.39, 0.29) is 5.78 Å². The molecular formula is C21H20BrN3O2. The van der Waals surface area contributed by atoms with Gasteiger partial charge in [0.2, 0.25) is 0 Å². The predicted octanol–water partition coefficient (Wildman–Crippen LogP) is 3.74. The molecule has 2 aliphatic rings. The minimum atomic E-state index is 0.0961. The minimum absolute atomic E-state index is 0.0961. The van der Waals surface area contributed by atoms with E-state index in [1.807, 2.05) is 49.4 Å². The van der Waals surface area contributed by atoms with Crippen molar-refractivity contribution in [1.29, 1.82) is 0 Å². The van der Waals surface area contributed by atoms with Gasteiger partial charge in [-0.2, -0.15) is 0 Å². The van der Waals surface area contributed by atoms with E-state index in [1.165, 1.54) is 0 Å². The van der Waals surface area contributed by atoms with Gasteiger partial charge in [0.15, 0.2) is 5.78 Å². The molecular weight excluding hydrogens is 406 g/mol. The number of carbonyl (C=O) groups is 1. The highest BCUT2D eigenvalue weighted by atomic mass is 79.9. The van der Waals surface area contributed by atoms with E-state index < -0.39 is 0 Å². The Kier molecular flexibility index (Phi) is 5.09. The number of allylic oxidation sites excluding steroid dienone is 2. The van der Waals surface area contributed by atoms with Crippen LogP contribution in [0.5, 0.6) is 0 Å². The van der Waals surface area contributed by atoms with Gasteiger partial charge in [-0.3, -0.25) is 4.79 Å². The molecule has 0 aromatic heterocycles. The molecule has 5 nitrogen and oxygen atoms in total. The molecule has 0 bridgehead atoms. The molecule has 0 atom stereocenters. The van der Waals surface area contributed by atoms with Crippen LogP contribution >= 0.6 is 15.9 Å². The Morgan fingerprint density at radius 1 is 1.22 bits per heavy atom. The summed E-state index contributed by atoms with van der Waals surface area (Å²) >= 11 is 3.51. The molecule has 1 heterocycles. The fourth-order valence-electron chi connectivity index (χ4n) is 3.43. The normalized spacial score (nSPS) is 19.2. The summed E-state index contributed by atoms with van der Waals surface area (Å²) in [5.41, 5.74) is 5.95. The third-order valence-electron chi connectivity index (χ3n) is 4.68. The third-order valence-corrected chi connectivity index (χ3v) is 5.17. The summed E-state index contributed by atoms with van der Waals surface area (Å²) in [6, 6.07) is 13.9. The first-order valence-electron chi connectivity index (χ1n) is 9.02. The summed E-state index contributed by atoms with van der Waals surface area (Å²) in [5, 5.41) is 11.0. The molecule has 138 valence electrons. The lowest BCUT2D eigenvalue weighted by Crippen LogP contribution is -2.18. The van der Waals surface area contributed by atoms with Crippen molar-refractivity contribution in [3.05, 3.63) is 69.3 Å². The van der Waals surface area contributed by atoms with Crippen LogP contribution in [0.25, 0.3) is 5.57 Å². The highest BCUT2D eigenvalue weighted by Gasteiger charge is 2.34. The van der Waals surface area contributed by atoms with Gasteiger partial charge in [-0.15, -0.1) is 0 Å². The van der Waals surface area contributed by atoms with Gasteiger partial charge in [-0.1, -0.05) is 52.3 Å². The Balaban J connectivity index is 1.77. The molecule has 0 fully saturated rings. The Labute approximate surface area is 166 Å². The van der Waals surface area contributed by atoms with E-state index in [4.69, 9.17) is 4.84 Å². The van der Waals surface area contributed by atoms with Crippen molar-refractivity contribution in [2.45, 2.75) is 13.3 Å². The predicted molar refractivity (Wildman–Crippen MR) is 111 cm³/mol. The summed E-state index contributed by atoms with van der Waals surface area (Å²) in [7, 11) is 0. The zero-order valence-corrected chi connectivity index (χ0v) is 16.6. The van der Waals surface area contributed by atoms with Gasteiger partial charge in [0.1, 0.15) is 12.3 Å². The standard InChI is InChI=1S/C21H20BrN3O2/c1-2-23-9-10-27-25-20-15-5-3-4-6-17(15)24-21(20)19-16-12-14(22)8-7-13(16)11-18(19)26/h3-8,12,23-24H,2,9-11H2,1H3/b21-19-,25-20?. The number of hydrogen-bond acceptors (Lipinski definition) is 5. The zero-order chi connectivity index (χ0) is 18.8. The number of ketones is 1. The highest BCUT2D eigenvalue weighted by molar-refractivity contribution is 9.10. The Morgan fingerprint density at radius 3 is 2.93 bits per heavy atom. The molecule has 27 heavy (non-hydrogen) atoms. The van der Waals surface area contributed by atoms with Crippen LogP contribution in [0.3, 0.4) is 0 Å². The van der Waals surface area contributed by atoms with Crippen molar-refractivity contribution in [2.24, 2.45) is 5.16 Å². The molecule has 1 aliphatic carbocycles. The molecule has 6 heteroatoms. The maximum Gasteiger partial charge on any atom is 0.170 e. The molecule has 4 rings (SSSR count). The number of likely N-dealkylation sites (N-methyl/N-ethyl adjacent to an activating group) is 1. The number of benzene rings is 2. The van der Waals surface area contributed by atoms with E-state index in [1.54, 1.807) is 0 Å². The second-order valence-electron chi connectivity index (χ2n) is 6.45. The summed E-state index contributed by atoms with van der Waals surface area (Å²) in [5.74, 6) is 0.0961. The van der Waals surface area contributed by atoms with Crippen LogP contribution in [0.15, 0.2) is 57.8 Å². The zero-order valence-electron chi connectivity index (χ0n) is 15.0. The summed E-state index contributed by atoms with van der Waals surface area (Å²) in [4.78, 5) is 18.4. The highest BCUT2D eigenvalue weighted by Crippen LogP contribution is 2.39. The second kappa shape index (κ2) is 7.66. The largest absolute Gasteiger partial charge is 0.394 e. The topological polar surface area (TPSA) is 62.7 Å². The number of rotatable bonds is 5. The molecule has 0 unspecified atom stereocenters. The average molecular weight is 426 g/mol. The Hall–Kier alpha value is -2.44. The van der Waals surface area contributed by atoms with Crippen LogP contribution in [0.2, 0.25) is 0 Å². The molecule has 2 aromatic carbocycles. The maximum atomic E-state index is 12.8. The van der Waals surface area contributed by atoms with Gasteiger partial charge in [0, 0.05) is 28.7 Å².